The topological polar surface area (TPSA) is 29.5 Å². The van der Waals surface area contributed by atoms with E-state index in [9.17, 15) is 4.55 Å². The first-order chi connectivity index (χ1) is 26.2. The predicted molar refractivity (Wildman–Crippen MR) is 242 cm³/mol. The Morgan fingerprint density at radius 1 is 0.286 bits per heavy atom. The van der Waals surface area contributed by atoms with Gasteiger partial charge in [-0.3, -0.25) is 0 Å². The molecule has 6 aromatic carbocycles. The van der Waals surface area contributed by atoms with Crippen molar-refractivity contribution in [2.24, 2.45) is 0 Å². The second kappa shape index (κ2) is 15.6. The number of anilines is 6. The Balaban J connectivity index is 1.30. The Kier molecular flexibility index (Phi) is 11.4. The van der Waals surface area contributed by atoms with Crippen molar-refractivity contribution in [1.29, 1.82) is 0 Å². The summed E-state index contributed by atoms with van der Waals surface area (Å²) in [6.45, 7) is 26.9. The van der Waals surface area contributed by atoms with Crippen LogP contribution in [0, 0.1) is 0 Å². The van der Waals surface area contributed by atoms with Crippen LogP contribution < -0.4 is 9.80 Å². The summed E-state index contributed by atoms with van der Waals surface area (Å²) < 4.78 is 14.1. The summed E-state index contributed by atoms with van der Waals surface area (Å²) in [6.07, 6.45) is 0. The first kappa shape index (κ1) is 40.9. The SMILES string of the molecule is CC(C)(C)c1ccc(N(c2ccc([S+]([O-])c3ccc(N(c4ccc(C(C)(C)C)cc4)c4ccc(C(C)(C)C)cc4)cc3)cc2)c2ccc(C(C)(C)C)cc2)cc1. The third-order valence-corrected chi connectivity index (χ3v) is 12.0. The maximum atomic E-state index is 14.1. The fraction of sp³-hybridized carbons (Fsp3) is 0.308. The lowest BCUT2D eigenvalue weighted by Gasteiger charge is -2.28. The lowest BCUT2D eigenvalue weighted by Crippen LogP contribution is -2.14. The Morgan fingerprint density at radius 3 is 0.607 bits per heavy atom. The van der Waals surface area contributed by atoms with Crippen molar-refractivity contribution in [1.82, 2.24) is 0 Å². The molecule has 4 heteroatoms. The van der Waals surface area contributed by atoms with Gasteiger partial charge < -0.3 is 14.4 Å². The zero-order valence-electron chi connectivity index (χ0n) is 35.6. The number of nitrogens with zero attached hydrogens (tertiary/aromatic N) is 2. The Hall–Kier alpha value is -4.77. The van der Waals surface area contributed by atoms with Crippen molar-refractivity contribution in [2.75, 3.05) is 9.80 Å². The fourth-order valence-corrected chi connectivity index (χ4v) is 7.95. The number of hydrogen-bond donors (Lipinski definition) is 0. The van der Waals surface area contributed by atoms with Crippen LogP contribution in [-0.4, -0.2) is 4.55 Å². The van der Waals surface area contributed by atoms with Crippen LogP contribution in [0.2, 0.25) is 0 Å². The molecule has 0 saturated heterocycles. The molecule has 0 atom stereocenters. The summed E-state index contributed by atoms with van der Waals surface area (Å²) in [5.74, 6) is 0. The van der Waals surface area contributed by atoms with Gasteiger partial charge in [0.25, 0.3) is 0 Å². The van der Waals surface area contributed by atoms with E-state index in [2.05, 4.69) is 214 Å². The first-order valence-electron chi connectivity index (χ1n) is 19.8. The Bertz CT molecular complexity index is 1920. The predicted octanol–water partition coefficient (Wildman–Crippen LogP) is 15.0. The van der Waals surface area contributed by atoms with Crippen LogP contribution in [0.3, 0.4) is 0 Å². The van der Waals surface area contributed by atoms with Gasteiger partial charge in [0.2, 0.25) is 0 Å². The zero-order chi connectivity index (χ0) is 40.6. The Morgan fingerprint density at radius 2 is 0.446 bits per heavy atom. The second-order valence-corrected chi connectivity index (χ2v) is 20.6. The van der Waals surface area contributed by atoms with E-state index in [0.29, 0.717) is 0 Å². The van der Waals surface area contributed by atoms with Gasteiger partial charge in [-0.25, -0.2) is 0 Å². The monoisotopic (exact) mass is 760 g/mol. The highest BCUT2D eigenvalue weighted by Gasteiger charge is 2.23. The quantitative estimate of drug-likeness (QED) is 0.145. The molecule has 0 heterocycles. The molecule has 56 heavy (non-hydrogen) atoms. The van der Waals surface area contributed by atoms with E-state index in [1.54, 1.807) is 0 Å². The van der Waals surface area contributed by atoms with Crippen molar-refractivity contribution in [2.45, 2.75) is 115 Å². The van der Waals surface area contributed by atoms with E-state index in [1.165, 1.54) is 22.3 Å². The minimum absolute atomic E-state index is 0.0648. The third-order valence-electron chi connectivity index (χ3n) is 10.6. The summed E-state index contributed by atoms with van der Waals surface area (Å²) in [6, 6.07) is 51.7. The lowest BCUT2D eigenvalue weighted by atomic mass is 9.86. The number of rotatable bonds is 8. The largest absolute Gasteiger partial charge is 0.606 e. The van der Waals surface area contributed by atoms with Gasteiger partial charge >= 0.3 is 0 Å². The average Bonchev–Trinajstić information content (AvgIpc) is 3.15. The van der Waals surface area contributed by atoms with Gasteiger partial charge in [-0.15, -0.1) is 0 Å². The molecule has 0 bridgehead atoms. The number of hydrogen-bond acceptors (Lipinski definition) is 3. The van der Waals surface area contributed by atoms with E-state index < -0.39 is 11.2 Å². The molecule has 0 aromatic heterocycles. The lowest BCUT2D eigenvalue weighted by molar-refractivity contribution is 0.590. The molecule has 0 amide bonds. The molecule has 290 valence electrons. The maximum Gasteiger partial charge on any atom is 0.158 e. The summed E-state index contributed by atoms with van der Waals surface area (Å²) >= 11 is -1.36. The van der Waals surface area contributed by atoms with Gasteiger partial charge in [-0.2, -0.15) is 0 Å². The van der Waals surface area contributed by atoms with Crippen LogP contribution in [0.5, 0.6) is 0 Å². The van der Waals surface area contributed by atoms with E-state index in [0.717, 1.165) is 43.9 Å². The van der Waals surface area contributed by atoms with Gasteiger partial charge in [0.05, 0.1) is 0 Å². The molecule has 6 aromatic rings. The third kappa shape index (κ3) is 9.26. The molecule has 0 saturated carbocycles. The first-order valence-corrected chi connectivity index (χ1v) is 21.0. The van der Waals surface area contributed by atoms with Crippen LogP contribution in [0.4, 0.5) is 34.1 Å². The van der Waals surface area contributed by atoms with Crippen molar-refractivity contribution in [3.05, 3.63) is 168 Å². The second-order valence-electron chi connectivity index (χ2n) is 19.1. The summed E-state index contributed by atoms with van der Waals surface area (Å²) in [5.41, 5.74) is 11.8. The molecule has 3 nitrogen and oxygen atoms in total. The summed E-state index contributed by atoms with van der Waals surface area (Å²) in [7, 11) is 0. The van der Waals surface area contributed by atoms with Gasteiger partial charge in [0, 0.05) is 45.3 Å². The van der Waals surface area contributed by atoms with Crippen molar-refractivity contribution in [3.8, 4) is 0 Å². The van der Waals surface area contributed by atoms with Gasteiger partial charge in [0.1, 0.15) is 0 Å². The Labute approximate surface area is 340 Å². The smallest absolute Gasteiger partial charge is 0.158 e. The molecular formula is C52H60N2OS. The van der Waals surface area contributed by atoms with Crippen molar-refractivity contribution < 1.29 is 4.55 Å². The summed E-state index contributed by atoms with van der Waals surface area (Å²) in [5, 5.41) is 0. The molecule has 0 radical (unpaired) electrons. The van der Waals surface area contributed by atoms with Crippen LogP contribution in [0.15, 0.2) is 155 Å². The minimum Gasteiger partial charge on any atom is -0.606 e. The van der Waals surface area contributed by atoms with Crippen LogP contribution >= 0.6 is 0 Å². The fourth-order valence-electron chi connectivity index (χ4n) is 6.91. The molecular weight excluding hydrogens is 701 g/mol. The molecule has 0 aliphatic heterocycles. The molecule has 0 spiro atoms. The highest BCUT2D eigenvalue weighted by molar-refractivity contribution is 7.91. The minimum atomic E-state index is -1.36. The van der Waals surface area contributed by atoms with Crippen molar-refractivity contribution >= 4 is 45.3 Å². The van der Waals surface area contributed by atoms with Gasteiger partial charge in [-0.1, -0.05) is 132 Å². The van der Waals surface area contributed by atoms with Gasteiger partial charge in [0.15, 0.2) is 9.79 Å². The van der Waals surface area contributed by atoms with Crippen molar-refractivity contribution in [3.63, 3.8) is 0 Å². The zero-order valence-corrected chi connectivity index (χ0v) is 36.4. The highest BCUT2D eigenvalue weighted by Crippen LogP contribution is 2.40. The maximum absolute atomic E-state index is 14.1. The van der Waals surface area contributed by atoms with Gasteiger partial charge in [-0.05, 0) is 141 Å². The molecule has 6 rings (SSSR count). The van der Waals surface area contributed by atoms with E-state index >= 15 is 0 Å². The molecule has 0 aliphatic carbocycles. The van der Waals surface area contributed by atoms with Crippen LogP contribution in [0.1, 0.15) is 105 Å². The number of benzene rings is 6. The highest BCUT2D eigenvalue weighted by atomic mass is 32.2. The molecule has 0 unspecified atom stereocenters. The van der Waals surface area contributed by atoms with E-state index in [4.69, 9.17) is 0 Å². The average molecular weight is 761 g/mol. The molecule has 0 fully saturated rings. The van der Waals surface area contributed by atoms with E-state index in [-0.39, 0.29) is 21.7 Å². The molecule has 0 aliphatic rings. The van der Waals surface area contributed by atoms with E-state index in [1.807, 2.05) is 24.3 Å². The molecule has 0 N–H and O–H groups in total. The summed E-state index contributed by atoms with van der Waals surface area (Å²) in [4.78, 5) is 6.08. The standard InChI is InChI=1S/C52H60N2OS/c1-49(2,3)37-13-21-41(22-14-37)53(42-23-15-38(16-24-42)50(4,5)6)45-29-33-47(34-30-45)56(55)48-35-31-46(32-36-48)54(43-25-17-39(18-26-43)51(7,8)9)44-27-19-40(20-28-44)52(10,11)12/h13-36H,1-12H3. The normalized spacial score (nSPS) is 12.5. The van der Waals surface area contributed by atoms with Crippen LogP contribution in [0.25, 0.3) is 0 Å². The van der Waals surface area contributed by atoms with Crippen LogP contribution in [-0.2, 0) is 32.8 Å².